The number of aliphatic hydroxyl groups excluding tert-OH is 1. The van der Waals surface area contributed by atoms with E-state index in [1.54, 1.807) is 0 Å². The van der Waals surface area contributed by atoms with Crippen molar-refractivity contribution in [2.75, 3.05) is 20.1 Å². The number of likely N-dealkylation sites (tertiary alicyclic amines) is 1. The first-order chi connectivity index (χ1) is 9.00. The van der Waals surface area contributed by atoms with E-state index in [-0.39, 0.29) is 18.1 Å². The number of carbonyl (C=O) groups excluding carboxylic acids is 1. The summed E-state index contributed by atoms with van der Waals surface area (Å²) in [5, 5.41) is 10.0. The van der Waals surface area contributed by atoms with E-state index in [0.29, 0.717) is 12.0 Å². The Hall–Kier alpha value is -0.610. The quantitative estimate of drug-likeness (QED) is 0.840. The lowest BCUT2D eigenvalue weighted by Crippen LogP contribution is -2.45. The van der Waals surface area contributed by atoms with Crippen LogP contribution in [0.25, 0.3) is 0 Å². The second kappa shape index (κ2) is 6.23. The second-order valence-electron chi connectivity index (χ2n) is 6.48. The van der Waals surface area contributed by atoms with Crippen LogP contribution >= 0.6 is 0 Å². The topological polar surface area (TPSA) is 43.8 Å². The lowest BCUT2D eigenvalue weighted by molar-refractivity contribution is -0.133. The molecule has 4 heteroatoms. The van der Waals surface area contributed by atoms with Gasteiger partial charge in [-0.2, -0.15) is 0 Å². The van der Waals surface area contributed by atoms with Gasteiger partial charge >= 0.3 is 0 Å². The van der Waals surface area contributed by atoms with Crippen LogP contribution in [0.15, 0.2) is 0 Å². The highest BCUT2D eigenvalue weighted by Crippen LogP contribution is 2.27. The van der Waals surface area contributed by atoms with E-state index in [9.17, 15) is 9.90 Å². The summed E-state index contributed by atoms with van der Waals surface area (Å²) in [5.41, 5.74) is 0. The van der Waals surface area contributed by atoms with Crippen molar-refractivity contribution in [3.63, 3.8) is 0 Å². The first-order valence-corrected chi connectivity index (χ1v) is 7.69. The van der Waals surface area contributed by atoms with Crippen LogP contribution in [0.4, 0.5) is 0 Å². The fourth-order valence-electron chi connectivity index (χ4n) is 3.51. The molecular formula is C15H28N2O2. The Bertz CT molecular complexity index is 319. The number of amides is 1. The Morgan fingerprint density at radius 3 is 2.58 bits per heavy atom. The maximum atomic E-state index is 12.3. The molecule has 3 atom stereocenters. The maximum absolute atomic E-state index is 12.3. The molecule has 19 heavy (non-hydrogen) atoms. The molecule has 2 fully saturated rings. The highest BCUT2D eigenvalue weighted by molar-refractivity contribution is 5.84. The van der Waals surface area contributed by atoms with Crippen molar-refractivity contribution in [3.8, 4) is 0 Å². The second-order valence-corrected chi connectivity index (χ2v) is 6.48. The van der Waals surface area contributed by atoms with Gasteiger partial charge in [-0.25, -0.2) is 0 Å². The van der Waals surface area contributed by atoms with Gasteiger partial charge in [-0.1, -0.05) is 12.8 Å². The summed E-state index contributed by atoms with van der Waals surface area (Å²) in [4.78, 5) is 16.5. The van der Waals surface area contributed by atoms with Gasteiger partial charge in [0.2, 0.25) is 5.91 Å². The van der Waals surface area contributed by atoms with Crippen LogP contribution in [-0.2, 0) is 4.79 Å². The molecule has 0 radical (unpaired) electrons. The van der Waals surface area contributed by atoms with Crippen molar-refractivity contribution in [1.29, 1.82) is 0 Å². The van der Waals surface area contributed by atoms with Crippen molar-refractivity contribution in [2.24, 2.45) is 5.92 Å². The summed E-state index contributed by atoms with van der Waals surface area (Å²) in [6.45, 7) is 5.87. The fourth-order valence-corrected chi connectivity index (χ4v) is 3.51. The number of aliphatic hydroxyl groups is 1. The molecule has 1 aliphatic heterocycles. The number of hydrogen-bond acceptors (Lipinski definition) is 3. The number of carbonyl (C=O) groups is 1. The van der Waals surface area contributed by atoms with E-state index in [2.05, 4.69) is 18.7 Å². The minimum Gasteiger partial charge on any atom is -0.393 e. The van der Waals surface area contributed by atoms with Gasteiger partial charge in [-0.05, 0) is 46.1 Å². The lowest BCUT2D eigenvalue weighted by atomic mass is 9.86. The summed E-state index contributed by atoms with van der Waals surface area (Å²) >= 11 is 0. The molecule has 1 saturated heterocycles. The smallest absolute Gasteiger partial charge is 0.240 e. The Balaban J connectivity index is 1.89. The van der Waals surface area contributed by atoms with Crippen molar-refractivity contribution < 1.29 is 9.90 Å². The van der Waals surface area contributed by atoms with Crippen molar-refractivity contribution in [1.82, 2.24) is 9.80 Å². The number of hydrogen-bond donors (Lipinski definition) is 1. The van der Waals surface area contributed by atoms with Crippen LogP contribution in [0.3, 0.4) is 0 Å². The van der Waals surface area contributed by atoms with Crippen molar-refractivity contribution in [2.45, 2.75) is 64.1 Å². The Kier molecular flexibility index (Phi) is 4.85. The zero-order valence-electron chi connectivity index (χ0n) is 12.5. The number of nitrogens with zero attached hydrogens (tertiary/aromatic N) is 2. The molecule has 1 N–H and O–H groups in total. The van der Waals surface area contributed by atoms with E-state index < -0.39 is 0 Å². The summed E-state index contributed by atoms with van der Waals surface area (Å²) in [5.74, 6) is 0.613. The molecule has 1 saturated carbocycles. The van der Waals surface area contributed by atoms with Gasteiger partial charge in [-0.3, -0.25) is 9.69 Å². The predicted molar refractivity (Wildman–Crippen MR) is 75.8 cm³/mol. The van der Waals surface area contributed by atoms with Crippen LogP contribution in [0.2, 0.25) is 0 Å². The Morgan fingerprint density at radius 1 is 1.32 bits per heavy atom. The van der Waals surface area contributed by atoms with E-state index in [4.69, 9.17) is 0 Å². The maximum Gasteiger partial charge on any atom is 0.240 e. The first kappa shape index (κ1) is 14.8. The van der Waals surface area contributed by atoms with E-state index >= 15 is 0 Å². The minimum absolute atomic E-state index is 0.0246. The lowest BCUT2D eigenvalue weighted by Gasteiger charge is -2.33. The van der Waals surface area contributed by atoms with Crippen LogP contribution in [0, 0.1) is 5.92 Å². The first-order valence-electron chi connectivity index (χ1n) is 7.69. The molecule has 4 nitrogen and oxygen atoms in total. The summed E-state index contributed by atoms with van der Waals surface area (Å²) in [7, 11) is 2.04. The average molecular weight is 268 g/mol. The third-order valence-corrected chi connectivity index (χ3v) is 4.76. The molecule has 0 aromatic rings. The monoisotopic (exact) mass is 268 g/mol. The molecular weight excluding hydrogens is 240 g/mol. The molecule has 0 aromatic carbocycles. The van der Waals surface area contributed by atoms with Gasteiger partial charge in [-0.15, -0.1) is 0 Å². The van der Waals surface area contributed by atoms with Gasteiger partial charge in [0.1, 0.15) is 0 Å². The SMILES string of the molecule is CC(C)N1CCC(N(C)CC2CCCCC2O)C1=O. The average Bonchev–Trinajstić information content (AvgIpc) is 2.74. The zero-order chi connectivity index (χ0) is 14.0. The van der Waals surface area contributed by atoms with Crippen molar-refractivity contribution in [3.05, 3.63) is 0 Å². The number of rotatable bonds is 4. The Labute approximate surface area is 116 Å². The van der Waals surface area contributed by atoms with Gasteiger partial charge in [0.05, 0.1) is 12.1 Å². The van der Waals surface area contributed by atoms with Crippen LogP contribution < -0.4 is 0 Å². The molecule has 0 spiro atoms. The molecule has 2 rings (SSSR count). The largest absolute Gasteiger partial charge is 0.393 e. The van der Waals surface area contributed by atoms with Crippen LogP contribution in [0.1, 0.15) is 46.0 Å². The molecule has 3 unspecified atom stereocenters. The summed E-state index contributed by atoms with van der Waals surface area (Å²) < 4.78 is 0. The van der Waals surface area contributed by atoms with Gasteiger partial charge < -0.3 is 10.0 Å². The molecule has 1 aliphatic carbocycles. The van der Waals surface area contributed by atoms with Gasteiger partial charge in [0.25, 0.3) is 0 Å². The highest BCUT2D eigenvalue weighted by atomic mass is 16.3. The molecule has 1 amide bonds. The fraction of sp³-hybridized carbons (Fsp3) is 0.933. The van der Waals surface area contributed by atoms with Crippen LogP contribution in [0.5, 0.6) is 0 Å². The molecule has 110 valence electrons. The predicted octanol–water partition coefficient (Wildman–Crippen LogP) is 1.48. The van der Waals surface area contributed by atoms with E-state index in [1.807, 2.05) is 11.9 Å². The third kappa shape index (κ3) is 3.29. The van der Waals surface area contributed by atoms with Gasteiger partial charge in [0.15, 0.2) is 0 Å². The summed E-state index contributed by atoms with van der Waals surface area (Å²) in [6.07, 6.45) is 5.14. The zero-order valence-corrected chi connectivity index (χ0v) is 12.5. The van der Waals surface area contributed by atoms with E-state index in [0.717, 1.165) is 38.8 Å². The van der Waals surface area contributed by atoms with E-state index in [1.165, 1.54) is 6.42 Å². The molecule has 0 aromatic heterocycles. The normalized spacial score (nSPS) is 32.6. The minimum atomic E-state index is -0.172. The third-order valence-electron chi connectivity index (χ3n) is 4.76. The van der Waals surface area contributed by atoms with Crippen LogP contribution in [-0.4, -0.2) is 59.1 Å². The Morgan fingerprint density at radius 2 is 2.00 bits per heavy atom. The molecule has 1 heterocycles. The number of likely N-dealkylation sites (N-methyl/N-ethyl adjacent to an activating group) is 1. The molecule has 0 bridgehead atoms. The highest BCUT2D eigenvalue weighted by Gasteiger charge is 2.37. The summed E-state index contributed by atoms with van der Waals surface area (Å²) in [6, 6.07) is 0.322. The molecule has 2 aliphatic rings. The standard InChI is InChI=1S/C15H28N2O2/c1-11(2)17-9-8-13(15(17)19)16(3)10-12-6-4-5-7-14(12)18/h11-14,18H,4-10H2,1-3H3. The van der Waals surface area contributed by atoms with Crippen molar-refractivity contribution >= 4 is 5.91 Å². The van der Waals surface area contributed by atoms with Gasteiger partial charge in [0, 0.05) is 19.1 Å².